The van der Waals surface area contributed by atoms with Crippen molar-refractivity contribution < 1.29 is 19.1 Å². The number of hydrogen-bond acceptors (Lipinski definition) is 4. The fraction of sp³-hybridized carbons (Fsp3) is 0.176. The van der Waals surface area contributed by atoms with Crippen LogP contribution in [-0.2, 0) is 9.59 Å². The van der Waals surface area contributed by atoms with E-state index < -0.39 is 0 Å². The Balaban J connectivity index is 1.84. The summed E-state index contributed by atoms with van der Waals surface area (Å²) in [6.07, 6.45) is 0. The van der Waals surface area contributed by atoms with Crippen LogP contribution in [0.15, 0.2) is 48.5 Å². The molecule has 2 aromatic rings. The summed E-state index contributed by atoms with van der Waals surface area (Å²) in [6.45, 7) is -0.224. The minimum atomic E-state index is -0.312. The number of anilines is 1. The van der Waals surface area contributed by atoms with E-state index in [9.17, 15) is 9.59 Å². The van der Waals surface area contributed by atoms with Crippen molar-refractivity contribution in [1.29, 1.82) is 0 Å². The molecule has 2 aromatic carbocycles. The molecule has 0 atom stereocenters. The van der Waals surface area contributed by atoms with Crippen molar-refractivity contribution in [2.45, 2.75) is 0 Å². The van der Waals surface area contributed by atoms with Crippen LogP contribution in [0.5, 0.6) is 11.5 Å². The number of halogens is 1. The number of carbonyl (C=O) groups excluding carboxylic acids is 2. The number of benzene rings is 2. The number of amides is 2. The molecule has 0 fully saturated rings. The average Bonchev–Trinajstić information content (AvgIpc) is 2.59. The van der Waals surface area contributed by atoms with Crippen LogP contribution in [0.25, 0.3) is 0 Å². The zero-order chi connectivity index (χ0) is 17.4. The van der Waals surface area contributed by atoms with Gasteiger partial charge in [-0.05, 0) is 36.4 Å². The molecule has 2 rings (SSSR count). The van der Waals surface area contributed by atoms with Gasteiger partial charge in [-0.15, -0.1) is 0 Å². The van der Waals surface area contributed by atoms with Crippen molar-refractivity contribution in [3.63, 3.8) is 0 Å². The molecule has 0 heterocycles. The number of rotatable bonds is 7. The van der Waals surface area contributed by atoms with Gasteiger partial charge in [0, 0.05) is 23.8 Å². The molecule has 24 heavy (non-hydrogen) atoms. The van der Waals surface area contributed by atoms with Crippen LogP contribution < -0.4 is 20.1 Å². The zero-order valence-electron chi connectivity index (χ0n) is 13.0. The Labute approximate surface area is 144 Å². The molecule has 6 nitrogen and oxygen atoms in total. The Morgan fingerprint density at radius 2 is 1.62 bits per heavy atom. The maximum absolute atomic E-state index is 11.9. The first-order chi connectivity index (χ1) is 11.6. The minimum Gasteiger partial charge on any atom is -0.484 e. The molecule has 0 aliphatic carbocycles. The molecule has 0 unspecified atom stereocenters. The highest BCUT2D eigenvalue weighted by atomic mass is 35.5. The zero-order valence-corrected chi connectivity index (χ0v) is 13.8. The molecular weight excluding hydrogens is 332 g/mol. The quantitative estimate of drug-likeness (QED) is 0.806. The highest BCUT2D eigenvalue weighted by molar-refractivity contribution is 6.30. The lowest BCUT2D eigenvalue weighted by atomic mass is 10.3. The lowest BCUT2D eigenvalue weighted by Crippen LogP contribution is -2.24. The first-order valence-corrected chi connectivity index (χ1v) is 7.56. The lowest BCUT2D eigenvalue weighted by Gasteiger charge is -2.09. The first-order valence-electron chi connectivity index (χ1n) is 7.18. The monoisotopic (exact) mass is 348 g/mol. The van der Waals surface area contributed by atoms with Crippen molar-refractivity contribution in [3.8, 4) is 11.5 Å². The van der Waals surface area contributed by atoms with Gasteiger partial charge in [0.25, 0.3) is 11.8 Å². The highest BCUT2D eigenvalue weighted by Crippen LogP contribution is 2.18. The summed E-state index contributed by atoms with van der Waals surface area (Å²) < 4.78 is 10.7. The molecule has 0 saturated carbocycles. The summed E-state index contributed by atoms with van der Waals surface area (Å²) in [4.78, 5) is 23.1. The molecule has 0 bridgehead atoms. The molecule has 0 saturated heterocycles. The van der Waals surface area contributed by atoms with Crippen LogP contribution in [0.1, 0.15) is 0 Å². The summed E-state index contributed by atoms with van der Waals surface area (Å²) in [6, 6.07) is 13.5. The molecular formula is C17H17ClN2O4. The fourth-order valence-electron chi connectivity index (χ4n) is 1.76. The second-order valence-corrected chi connectivity index (χ2v) is 5.22. The third kappa shape index (κ3) is 5.81. The predicted octanol–water partition coefficient (Wildman–Crippen LogP) is 2.48. The van der Waals surface area contributed by atoms with Crippen LogP contribution in [0, 0.1) is 0 Å². The maximum Gasteiger partial charge on any atom is 0.262 e. The molecule has 0 aromatic heterocycles. The van der Waals surface area contributed by atoms with Crippen LogP contribution in [0.3, 0.4) is 0 Å². The summed E-state index contributed by atoms with van der Waals surface area (Å²) in [5.74, 6) is 0.487. The molecule has 0 radical (unpaired) electrons. The Morgan fingerprint density at radius 3 is 2.33 bits per heavy atom. The second kappa shape index (κ2) is 8.79. The molecule has 2 amide bonds. The van der Waals surface area contributed by atoms with E-state index >= 15 is 0 Å². The van der Waals surface area contributed by atoms with Gasteiger partial charge in [0.15, 0.2) is 13.2 Å². The van der Waals surface area contributed by atoms with Crippen molar-refractivity contribution >= 4 is 29.1 Å². The van der Waals surface area contributed by atoms with Gasteiger partial charge in [-0.3, -0.25) is 9.59 Å². The van der Waals surface area contributed by atoms with Crippen molar-refractivity contribution in [3.05, 3.63) is 53.6 Å². The van der Waals surface area contributed by atoms with Crippen LogP contribution in [0.4, 0.5) is 5.69 Å². The topological polar surface area (TPSA) is 76.7 Å². The van der Waals surface area contributed by atoms with Crippen LogP contribution >= 0.6 is 11.6 Å². The number of likely N-dealkylation sites (N-methyl/N-ethyl adjacent to an activating group) is 1. The van der Waals surface area contributed by atoms with Gasteiger partial charge in [-0.2, -0.15) is 0 Å². The van der Waals surface area contributed by atoms with Gasteiger partial charge >= 0.3 is 0 Å². The van der Waals surface area contributed by atoms with E-state index in [2.05, 4.69) is 10.6 Å². The van der Waals surface area contributed by atoms with E-state index in [1.807, 2.05) is 0 Å². The fourth-order valence-corrected chi connectivity index (χ4v) is 1.89. The molecule has 126 valence electrons. The summed E-state index contributed by atoms with van der Waals surface area (Å²) in [7, 11) is 1.53. The molecule has 0 aliphatic heterocycles. The number of nitrogens with one attached hydrogen (secondary N) is 2. The molecule has 2 N–H and O–H groups in total. The van der Waals surface area contributed by atoms with Gasteiger partial charge in [0.05, 0.1) is 0 Å². The smallest absolute Gasteiger partial charge is 0.262 e. The predicted molar refractivity (Wildman–Crippen MR) is 91.6 cm³/mol. The first kappa shape index (κ1) is 17.6. The normalized spacial score (nSPS) is 9.92. The van der Waals surface area contributed by atoms with Crippen LogP contribution in [0.2, 0.25) is 5.02 Å². The van der Waals surface area contributed by atoms with Crippen molar-refractivity contribution in [2.75, 3.05) is 25.6 Å². The Morgan fingerprint density at radius 1 is 0.958 bits per heavy atom. The summed E-state index contributed by atoms with van der Waals surface area (Å²) in [5, 5.41) is 5.75. The van der Waals surface area contributed by atoms with Gasteiger partial charge in [-0.1, -0.05) is 17.7 Å². The minimum absolute atomic E-state index is 0.0897. The van der Waals surface area contributed by atoms with E-state index in [1.54, 1.807) is 48.5 Å². The van der Waals surface area contributed by atoms with Crippen LogP contribution in [-0.4, -0.2) is 32.1 Å². The average molecular weight is 349 g/mol. The van der Waals surface area contributed by atoms with E-state index in [1.165, 1.54) is 7.05 Å². The van der Waals surface area contributed by atoms with E-state index in [4.69, 9.17) is 21.1 Å². The standard InChI is InChI=1S/C17H17ClN2O4/c1-19-16(21)10-24-15-4-2-3-13(9-15)20-17(22)11-23-14-7-5-12(18)6-8-14/h2-9H,10-11H2,1H3,(H,19,21)(H,20,22). The summed E-state index contributed by atoms with van der Waals surface area (Å²) >= 11 is 5.78. The SMILES string of the molecule is CNC(=O)COc1cccc(NC(=O)COc2ccc(Cl)cc2)c1. The number of ether oxygens (including phenoxy) is 2. The molecule has 0 spiro atoms. The Bertz CT molecular complexity index is 704. The van der Waals surface area contributed by atoms with Gasteiger partial charge < -0.3 is 20.1 Å². The van der Waals surface area contributed by atoms with E-state index in [0.29, 0.717) is 22.2 Å². The van der Waals surface area contributed by atoms with Gasteiger partial charge in [0.1, 0.15) is 11.5 Å². The molecule has 7 heteroatoms. The summed E-state index contributed by atoms with van der Waals surface area (Å²) in [5.41, 5.74) is 0.550. The van der Waals surface area contributed by atoms with E-state index in [-0.39, 0.29) is 25.0 Å². The van der Waals surface area contributed by atoms with Crippen molar-refractivity contribution in [2.24, 2.45) is 0 Å². The highest BCUT2D eigenvalue weighted by Gasteiger charge is 2.06. The third-order valence-electron chi connectivity index (χ3n) is 2.95. The number of carbonyl (C=O) groups is 2. The largest absolute Gasteiger partial charge is 0.484 e. The molecule has 0 aliphatic rings. The number of hydrogen-bond donors (Lipinski definition) is 2. The Kier molecular flexibility index (Phi) is 6.45. The van der Waals surface area contributed by atoms with E-state index in [0.717, 1.165) is 0 Å². The second-order valence-electron chi connectivity index (χ2n) is 4.78. The maximum atomic E-state index is 11.9. The van der Waals surface area contributed by atoms with Gasteiger partial charge in [-0.25, -0.2) is 0 Å². The Hall–Kier alpha value is -2.73. The third-order valence-corrected chi connectivity index (χ3v) is 3.20. The lowest BCUT2D eigenvalue weighted by molar-refractivity contribution is -0.122. The van der Waals surface area contributed by atoms with Gasteiger partial charge in [0.2, 0.25) is 0 Å². The van der Waals surface area contributed by atoms with Crippen molar-refractivity contribution in [1.82, 2.24) is 5.32 Å².